The molecule has 1 amide bonds. The van der Waals surface area contributed by atoms with Gasteiger partial charge in [0.25, 0.3) is 0 Å². The molecule has 0 aromatic carbocycles. The Labute approximate surface area is 363 Å². The molecule has 6 heteroatoms. The van der Waals surface area contributed by atoms with E-state index >= 15 is 0 Å². The van der Waals surface area contributed by atoms with E-state index < -0.39 is 18.2 Å². The maximum absolute atomic E-state index is 13.1. The van der Waals surface area contributed by atoms with Crippen LogP contribution in [0.4, 0.5) is 0 Å². The van der Waals surface area contributed by atoms with Crippen LogP contribution in [0, 0.1) is 0 Å². The van der Waals surface area contributed by atoms with Crippen molar-refractivity contribution in [3.8, 4) is 0 Å². The van der Waals surface area contributed by atoms with Gasteiger partial charge in [0, 0.05) is 6.42 Å². The van der Waals surface area contributed by atoms with Gasteiger partial charge in [0.05, 0.1) is 25.2 Å². The Kier molecular flexibility index (Phi) is 43.8. The Hall–Kier alpha value is -2.96. The van der Waals surface area contributed by atoms with Crippen molar-refractivity contribution in [2.45, 2.75) is 232 Å². The van der Waals surface area contributed by atoms with Crippen LogP contribution in [-0.2, 0) is 14.3 Å². The number of aliphatic hydroxyl groups excluding tert-OH is 2. The van der Waals surface area contributed by atoms with E-state index in [4.69, 9.17) is 4.74 Å². The molecule has 3 N–H and O–H groups in total. The molecule has 0 aliphatic carbocycles. The second-order valence-corrected chi connectivity index (χ2v) is 16.1. The van der Waals surface area contributed by atoms with Crippen molar-refractivity contribution in [3.63, 3.8) is 0 Å². The minimum atomic E-state index is -0.813. The molecule has 0 radical (unpaired) electrons. The lowest BCUT2D eigenvalue weighted by molar-refractivity contribution is -0.150. The summed E-state index contributed by atoms with van der Waals surface area (Å²) in [6.07, 6.45) is 59.4. The third-order valence-electron chi connectivity index (χ3n) is 10.5. The molecule has 0 rings (SSSR count). The van der Waals surface area contributed by atoms with Gasteiger partial charge in [-0.2, -0.15) is 0 Å². The number of carbonyl (C=O) groups is 2. The zero-order valence-electron chi connectivity index (χ0n) is 38.4. The van der Waals surface area contributed by atoms with Gasteiger partial charge in [0.15, 0.2) is 0 Å². The number of hydrogen-bond acceptors (Lipinski definition) is 5. The van der Waals surface area contributed by atoms with Gasteiger partial charge < -0.3 is 20.3 Å². The Morgan fingerprint density at radius 3 is 1.42 bits per heavy atom. The summed E-state index contributed by atoms with van der Waals surface area (Å²) in [5.41, 5.74) is 0. The first-order chi connectivity index (χ1) is 29.0. The SMILES string of the molecule is CC/C=C\C/C=C\C/C=C\C/C=C\C/C=C\CCCC(CC(=O)NC(CO)C(O)CCCCCCCCCCCC)OC(=O)CC/C=C/C/C=C\CCCCCCCC. The van der Waals surface area contributed by atoms with Crippen LogP contribution < -0.4 is 5.32 Å². The van der Waals surface area contributed by atoms with Crippen molar-refractivity contribution >= 4 is 11.9 Å². The molecule has 59 heavy (non-hydrogen) atoms. The summed E-state index contributed by atoms with van der Waals surface area (Å²) in [5.74, 6) is -0.618. The lowest BCUT2D eigenvalue weighted by atomic mass is 10.0. The minimum Gasteiger partial charge on any atom is -0.462 e. The Morgan fingerprint density at radius 2 is 0.932 bits per heavy atom. The zero-order valence-corrected chi connectivity index (χ0v) is 38.4. The van der Waals surface area contributed by atoms with Crippen LogP contribution in [-0.4, -0.2) is 46.9 Å². The van der Waals surface area contributed by atoms with Gasteiger partial charge in [-0.05, 0) is 83.5 Å². The summed E-state index contributed by atoms with van der Waals surface area (Å²) in [7, 11) is 0. The van der Waals surface area contributed by atoms with E-state index in [1.54, 1.807) is 0 Å². The van der Waals surface area contributed by atoms with Crippen LogP contribution in [0.15, 0.2) is 85.1 Å². The predicted octanol–water partition coefficient (Wildman–Crippen LogP) is 14.4. The van der Waals surface area contributed by atoms with Crippen LogP contribution in [0.25, 0.3) is 0 Å². The number of nitrogens with one attached hydrogen (secondary N) is 1. The van der Waals surface area contributed by atoms with Gasteiger partial charge in [-0.15, -0.1) is 0 Å². The molecule has 0 spiro atoms. The highest BCUT2D eigenvalue weighted by Gasteiger charge is 2.23. The lowest BCUT2D eigenvalue weighted by Gasteiger charge is -2.24. The number of amides is 1. The monoisotopic (exact) mass is 822 g/mol. The smallest absolute Gasteiger partial charge is 0.306 e. The highest BCUT2D eigenvalue weighted by atomic mass is 16.5. The Balaban J connectivity index is 4.81. The van der Waals surface area contributed by atoms with E-state index in [1.165, 1.54) is 83.5 Å². The second kappa shape index (κ2) is 46.1. The standard InChI is InChI=1S/C53H91NO5/c1-4-7-10-13-16-19-22-24-25-26-27-29-30-32-35-38-41-44-49(59-53(58)46-43-40-37-34-31-28-23-20-17-14-11-8-5-2)47-52(57)54-50(48-55)51(56)45-42-39-36-33-21-18-15-12-9-6-3/h7,10,16,19,24-25,27-29,31-32,35,37,40,49-51,55-56H,4-6,8-9,11-15,17-18,20-23,26,30,33-34,36,38-39,41-48H2,1-3H3,(H,54,57)/b10-7-,19-16-,25-24-,29-27-,31-28-,35-32-,40-37+. The van der Waals surface area contributed by atoms with E-state index in [-0.39, 0.29) is 31.3 Å². The molecule has 0 aromatic heterocycles. The molecule has 338 valence electrons. The minimum absolute atomic E-state index is 0.0120. The number of unbranched alkanes of at least 4 members (excludes halogenated alkanes) is 16. The van der Waals surface area contributed by atoms with E-state index in [9.17, 15) is 19.8 Å². The number of carbonyl (C=O) groups excluding carboxylic acids is 2. The first-order valence-electron chi connectivity index (χ1n) is 24.3. The number of ether oxygens (including phenoxy) is 1. The normalized spacial score (nSPS) is 14.1. The van der Waals surface area contributed by atoms with Crippen LogP contribution in [0.1, 0.15) is 213 Å². The molecule has 0 fully saturated rings. The average molecular weight is 822 g/mol. The summed E-state index contributed by atoms with van der Waals surface area (Å²) in [6, 6.07) is -0.733. The number of rotatable bonds is 42. The summed E-state index contributed by atoms with van der Waals surface area (Å²) < 4.78 is 5.85. The van der Waals surface area contributed by atoms with Crippen molar-refractivity contribution < 1.29 is 24.5 Å². The maximum Gasteiger partial charge on any atom is 0.306 e. The van der Waals surface area contributed by atoms with Crippen molar-refractivity contribution in [1.82, 2.24) is 5.32 Å². The topological polar surface area (TPSA) is 95.9 Å². The summed E-state index contributed by atoms with van der Waals surface area (Å²) in [4.78, 5) is 26.0. The van der Waals surface area contributed by atoms with Crippen LogP contribution in [0.5, 0.6) is 0 Å². The fourth-order valence-corrected chi connectivity index (χ4v) is 6.81. The number of allylic oxidation sites excluding steroid dienone is 14. The Morgan fingerprint density at radius 1 is 0.508 bits per heavy atom. The highest BCUT2D eigenvalue weighted by molar-refractivity contribution is 5.77. The molecule has 3 atom stereocenters. The van der Waals surface area contributed by atoms with Gasteiger partial charge >= 0.3 is 5.97 Å². The van der Waals surface area contributed by atoms with Crippen molar-refractivity contribution in [2.75, 3.05) is 6.61 Å². The molecule has 0 bridgehead atoms. The van der Waals surface area contributed by atoms with Crippen molar-refractivity contribution in [3.05, 3.63) is 85.1 Å². The molecule has 0 saturated carbocycles. The van der Waals surface area contributed by atoms with E-state index in [0.717, 1.165) is 77.0 Å². The number of hydrogen-bond donors (Lipinski definition) is 3. The van der Waals surface area contributed by atoms with Crippen LogP contribution in [0.2, 0.25) is 0 Å². The Bertz CT molecular complexity index is 1150. The number of aliphatic hydroxyl groups is 2. The van der Waals surface area contributed by atoms with Gasteiger partial charge in [-0.3, -0.25) is 9.59 Å². The molecule has 0 aliphatic rings. The molecule has 6 nitrogen and oxygen atoms in total. The first kappa shape index (κ1) is 56.0. The van der Waals surface area contributed by atoms with E-state index in [1.807, 2.05) is 6.08 Å². The predicted molar refractivity (Wildman–Crippen MR) is 254 cm³/mol. The second-order valence-electron chi connectivity index (χ2n) is 16.1. The maximum atomic E-state index is 13.1. The first-order valence-corrected chi connectivity index (χ1v) is 24.3. The fraction of sp³-hybridized carbons (Fsp3) is 0.698. The molecule has 3 unspecified atom stereocenters. The number of esters is 1. The fourth-order valence-electron chi connectivity index (χ4n) is 6.81. The third-order valence-corrected chi connectivity index (χ3v) is 10.5. The molecule has 0 saturated heterocycles. The van der Waals surface area contributed by atoms with Crippen molar-refractivity contribution in [2.24, 2.45) is 0 Å². The average Bonchev–Trinajstić information content (AvgIpc) is 3.23. The van der Waals surface area contributed by atoms with E-state index in [2.05, 4.69) is 105 Å². The van der Waals surface area contributed by atoms with Gasteiger partial charge in [0.2, 0.25) is 5.91 Å². The van der Waals surface area contributed by atoms with Gasteiger partial charge in [-0.1, -0.05) is 202 Å². The molecular weight excluding hydrogens is 731 g/mol. The largest absolute Gasteiger partial charge is 0.462 e. The zero-order chi connectivity index (χ0) is 43.1. The summed E-state index contributed by atoms with van der Waals surface area (Å²) in [5, 5.41) is 23.6. The van der Waals surface area contributed by atoms with E-state index in [0.29, 0.717) is 19.3 Å². The molecule has 0 heterocycles. The summed E-state index contributed by atoms with van der Waals surface area (Å²) in [6.45, 7) is 6.30. The third kappa shape index (κ3) is 41.6. The molecule has 0 aromatic rings. The van der Waals surface area contributed by atoms with Crippen LogP contribution >= 0.6 is 0 Å². The molecular formula is C53H91NO5. The van der Waals surface area contributed by atoms with Crippen LogP contribution in [0.3, 0.4) is 0 Å². The highest BCUT2D eigenvalue weighted by Crippen LogP contribution is 2.16. The lowest BCUT2D eigenvalue weighted by Crippen LogP contribution is -2.46. The quantitative estimate of drug-likeness (QED) is 0.0324. The summed E-state index contributed by atoms with van der Waals surface area (Å²) >= 11 is 0. The van der Waals surface area contributed by atoms with Gasteiger partial charge in [-0.25, -0.2) is 0 Å². The van der Waals surface area contributed by atoms with Gasteiger partial charge in [0.1, 0.15) is 6.10 Å². The van der Waals surface area contributed by atoms with Crippen molar-refractivity contribution in [1.29, 1.82) is 0 Å². The molecule has 0 aliphatic heterocycles.